The molecule has 0 amide bonds. The molecule has 0 atom stereocenters. The summed E-state index contributed by atoms with van der Waals surface area (Å²) in [6.07, 6.45) is 3.78. The Morgan fingerprint density at radius 3 is 2.86 bits per heavy atom. The van der Waals surface area contributed by atoms with Gasteiger partial charge in [-0.05, 0) is 23.4 Å². The van der Waals surface area contributed by atoms with Crippen LogP contribution in [-0.4, -0.2) is 0 Å². The van der Waals surface area contributed by atoms with E-state index in [1.165, 1.54) is 0 Å². The first-order valence-electron chi connectivity index (χ1n) is 1.86. The largest absolute Gasteiger partial charge is 0.332 e. The molecule has 0 saturated carbocycles. The van der Waals surface area contributed by atoms with Gasteiger partial charge in [0.05, 0.1) is 0 Å². The molecule has 3 heteroatoms. The van der Waals surface area contributed by atoms with Gasteiger partial charge in [-0.2, -0.15) is 0 Å². The van der Waals surface area contributed by atoms with E-state index in [1.54, 1.807) is 11.9 Å². The van der Waals surface area contributed by atoms with Crippen LogP contribution in [-0.2, 0) is 0 Å². The molecule has 0 aliphatic carbocycles. The maximum atomic E-state index is 4.06. The summed E-state index contributed by atoms with van der Waals surface area (Å²) in [6, 6.07) is 0. The maximum absolute atomic E-state index is 4.06. The van der Waals surface area contributed by atoms with E-state index >= 15 is 0 Å². The zero-order valence-corrected chi connectivity index (χ0v) is 5.30. The zero-order valence-electron chi connectivity index (χ0n) is 3.59. The summed E-state index contributed by atoms with van der Waals surface area (Å²) >= 11 is 5.60. The summed E-state index contributed by atoms with van der Waals surface area (Å²) < 4.78 is 2.93. The van der Waals surface area contributed by atoms with Gasteiger partial charge in [-0.3, -0.25) is 0 Å². The highest BCUT2D eigenvalue weighted by molar-refractivity contribution is 8.00. The van der Waals surface area contributed by atoms with Crippen molar-refractivity contribution in [1.82, 2.24) is 4.72 Å². The van der Waals surface area contributed by atoms with Gasteiger partial charge >= 0.3 is 0 Å². The van der Waals surface area contributed by atoms with Crippen LogP contribution in [0.5, 0.6) is 0 Å². The number of allylic oxidation sites excluding steroid dienone is 1. The molecule has 0 radical (unpaired) electrons. The number of rotatable bonds is 0. The van der Waals surface area contributed by atoms with Crippen LogP contribution in [0.1, 0.15) is 0 Å². The number of thiol groups is 1. The van der Waals surface area contributed by atoms with Crippen LogP contribution in [0.15, 0.2) is 22.6 Å². The van der Waals surface area contributed by atoms with Crippen molar-refractivity contribution in [3.05, 3.63) is 22.6 Å². The highest BCUT2D eigenvalue weighted by atomic mass is 32.2. The molecule has 7 heavy (non-hydrogen) atoms. The first kappa shape index (κ1) is 5.12. The van der Waals surface area contributed by atoms with Crippen molar-refractivity contribution in [3.63, 3.8) is 0 Å². The van der Waals surface area contributed by atoms with Gasteiger partial charge in [0.2, 0.25) is 0 Å². The minimum Gasteiger partial charge on any atom is -0.332 e. The van der Waals surface area contributed by atoms with Gasteiger partial charge in [-0.1, -0.05) is 0 Å². The Labute approximate surface area is 52.4 Å². The second-order valence-corrected chi connectivity index (χ2v) is 2.37. The molecule has 1 heterocycles. The predicted octanol–water partition coefficient (Wildman–Crippen LogP) is 1.52. The number of hydrogen-bond donors (Lipinski definition) is 2. The van der Waals surface area contributed by atoms with Crippen LogP contribution < -0.4 is 4.72 Å². The van der Waals surface area contributed by atoms with E-state index in [9.17, 15) is 0 Å². The predicted molar refractivity (Wildman–Crippen MR) is 36.9 cm³/mol. The normalized spacial score (nSPS) is 18.1. The van der Waals surface area contributed by atoms with Crippen molar-refractivity contribution < 1.29 is 0 Å². The van der Waals surface area contributed by atoms with E-state index in [4.69, 9.17) is 0 Å². The van der Waals surface area contributed by atoms with Crippen molar-refractivity contribution >= 4 is 24.6 Å². The van der Waals surface area contributed by atoms with Crippen LogP contribution in [0, 0.1) is 0 Å². The highest BCUT2D eigenvalue weighted by Crippen LogP contribution is 2.10. The number of hydrogen-bond acceptors (Lipinski definition) is 3. The average molecular weight is 131 g/mol. The van der Waals surface area contributed by atoms with E-state index in [2.05, 4.69) is 17.4 Å². The molecule has 0 aromatic carbocycles. The van der Waals surface area contributed by atoms with Crippen LogP contribution in [0.3, 0.4) is 0 Å². The summed E-state index contributed by atoms with van der Waals surface area (Å²) in [5.74, 6) is 0. The number of nitrogens with one attached hydrogen (secondary N) is 1. The van der Waals surface area contributed by atoms with Crippen LogP contribution >= 0.6 is 24.6 Å². The molecule has 1 nitrogen and oxygen atoms in total. The third-order valence-electron chi connectivity index (χ3n) is 0.582. The summed E-state index contributed by atoms with van der Waals surface area (Å²) in [5, 5.41) is 1.95. The van der Waals surface area contributed by atoms with Crippen LogP contribution in [0.2, 0.25) is 0 Å². The Balaban J connectivity index is 2.58. The fraction of sp³-hybridized carbons (Fsp3) is 0. The monoisotopic (exact) mass is 131 g/mol. The minimum atomic E-state index is 0.971. The smallest absolute Gasteiger partial charge is 0.0212 e. The van der Waals surface area contributed by atoms with Crippen LogP contribution in [0.25, 0.3) is 0 Å². The lowest BCUT2D eigenvalue weighted by Crippen LogP contribution is -1.91. The lowest BCUT2D eigenvalue weighted by atomic mass is 10.6. The molecule has 1 rings (SSSR count). The third kappa shape index (κ3) is 1.49. The second kappa shape index (κ2) is 2.33. The Kier molecular flexibility index (Phi) is 1.70. The minimum absolute atomic E-state index is 0.971. The summed E-state index contributed by atoms with van der Waals surface area (Å²) in [6.45, 7) is 0. The molecule has 0 aromatic rings. The molecule has 1 N–H and O–H groups in total. The molecule has 0 bridgehead atoms. The fourth-order valence-electron chi connectivity index (χ4n) is 0.286. The molecule has 1 aliphatic heterocycles. The first-order chi connectivity index (χ1) is 3.39. The summed E-state index contributed by atoms with van der Waals surface area (Å²) in [4.78, 5) is 0.971. The standard InChI is InChI=1S/C4H5NS2/c6-4-1-2-7-5-3-4/h1-3,5-6H. The molecular formula is C4H5NS2. The van der Waals surface area contributed by atoms with E-state index in [-0.39, 0.29) is 0 Å². The molecule has 0 spiro atoms. The van der Waals surface area contributed by atoms with Gasteiger partial charge in [0.1, 0.15) is 0 Å². The Morgan fingerprint density at radius 2 is 2.57 bits per heavy atom. The summed E-state index contributed by atoms with van der Waals surface area (Å²) in [7, 11) is 0. The molecule has 0 aromatic heterocycles. The van der Waals surface area contributed by atoms with Gasteiger partial charge < -0.3 is 4.72 Å². The fourth-order valence-corrected chi connectivity index (χ4v) is 1.10. The third-order valence-corrected chi connectivity index (χ3v) is 1.39. The zero-order chi connectivity index (χ0) is 5.11. The van der Waals surface area contributed by atoms with Gasteiger partial charge in [0, 0.05) is 11.1 Å². The quantitative estimate of drug-likeness (QED) is 0.382. The van der Waals surface area contributed by atoms with Crippen molar-refractivity contribution in [2.75, 3.05) is 0 Å². The molecule has 1 aliphatic rings. The molecule has 38 valence electrons. The lowest BCUT2D eigenvalue weighted by molar-refractivity contribution is 1.41. The lowest BCUT2D eigenvalue weighted by Gasteiger charge is -1.98. The molecule has 0 unspecified atom stereocenters. The van der Waals surface area contributed by atoms with E-state index in [1.807, 2.05) is 17.7 Å². The van der Waals surface area contributed by atoms with Gasteiger partial charge in [0.15, 0.2) is 0 Å². The van der Waals surface area contributed by atoms with Crippen molar-refractivity contribution in [2.45, 2.75) is 0 Å². The van der Waals surface area contributed by atoms with E-state index in [0.717, 1.165) is 4.91 Å². The average Bonchev–Trinajstić information content (AvgIpc) is 1.69. The van der Waals surface area contributed by atoms with Gasteiger partial charge in [0.25, 0.3) is 0 Å². The molecule has 0 fully saturated rings. The molecule has 0 saturated heterocycles. The Morgan fingerprint density at radius 1 is 1.71 bits per heavy atom. The van der Waals surface area contributed by atoms with E-state index < -0.39 is 0 Å². The van der Waals surface area contributed by atoms with Crippen LogP contribution in [0.4, 0.5) is 0 Å². The second-order valence-electron chi connectivity index (χ2n) is 1.11. The van der Waals surface area contributed by atoms with Crippen molar-refractivity contribution in [3.8, 4) is 0 Å². The first-order valence-corrected chi connectivity index (χ1v) is 3.19. The Bertz CT molecular complexity index is 117. The SMILES string of the molecule is SC1=CNSC=C1. The van der Waals surface area contributed by atoms with E-state index in [0.29, 0.717) is 0 Å². The van der Waals surface area contributed by atoms with Crippen molar-refractivity contribution in [2.24, 2.45) is 0 Å². The maximum Gasteiger partial charge on any atom is 0.0212 e. The Hall–Kier alpha value is -0.0200. The topological polar surface area (TPSA) is 12.0 Å². The summed E-state index contributed by atoms with van der Waals surface area (Å²) in [5.41, 5.74) is 0. The highest BCUT2D eigenvalue weighted by Gasteiger charge is 1.86. The molecular weight excluding hydrogens is 126 g/mol. The van der Waals surface area contributed by atoms with Gasteiger partial charge in [-0.15, -0.1) is 12.6 Å². The van der Waals surface area contributed by atoms with Gasteiger partial charge in [-0.25, -0.2) is 0 Å². The van der Waals surface area contributed by atoms with Crippen molar-refractivity contribution in [1.29, 1.82) is 0 Å².